The zero-order chi connectivity index (χ0) is 12.5. The molecular weight excluding hydrogens is 224 g/mol. The van der Waals surface area contributed by atoms with E-state index in [9.17, 15) is 4.79 Å². The van der Waals surface area contributed by atoms with Crippen molar-refractivity contribution in [3.05, 3.63) is 59.0 Å². The number of furan rings is 1. The van der Waals surface area contributed by atoms with Gasteiger partial charge in [-0.05, 0) is 43.4 Å². The van der Waals surface area contributed by atoms with Gasteiger partial charge in [-0.1, -0.05) is 24.3 Å². The summed E-state index contributed by atoms with van der Waals surface area (Å²) in [5.74, 6) is 1.07. The Bertz CT molecular complexity index is 580. The van der Waals surface area contributed by atoms with E-state index in [1.54, 1.807) is 12.3 Å². The number of aryl methyl sites for hydroxylation is 2. The average molecular weight is 240 g/mol. The van der Waals surface area contributed by atoms with Crippen molar-refractivity contribution < 1.29 is 9.21 Å². The third-order valence-electron chi connectivity index (χ3n) is 3.84. The molecule has 2 nitrogen and oxygen atoms in total. The number of fused-ring (bicyclic) bond motifs is 1. The van der Waals surface area contributed by atoms with Crippen molar-refractivity contribution in [1.29, 1.82) is 0 Å². The summed E-state index contributed by atoms with van der Waals surface area (Å²) in [6.07, 6.45) is 4.41. The molecule has 0 spiro atoms. The molecule has 1 aromatic heterocycles. The first-order valence-electron chi connectivity index (χ1n) is 6.41. The number of Topliss-reactive ketones (excluding diaryl/α,β-unsaturated/α-hetero) is 1. The summed E-state index contributed by atoms with van der Waals surface area (Å²) >= 11 is 0. The molecule has 0 N–H and O–H groups in total. The Hall–Kier alpha value is -1.83. The molecule has 1 atom stereocenters. The summed E-state index contributed by atoms with van der Waals surface area (Å²) in [5, 5.41) is 0. The molecule has 0 aliphatic heterocycles. The Morgan fingerprint density at radius 2 is 2.00 bits per heavy atom. The van der Waals surface area contributed by atoms with E-state index in [-0.39, 0.29) is 11.7 Å². The van der Waals surface area contributed by atoms with Gasteiger partial charge in [-0.3, -0.25) is 4.79 Å². The van der Waals surface area contributed by atoms with Crippen LogP contribution < -0.4 is 0 Å². The van der Waals surface area contributed by atoms with Crippen molar-refractivity contribution >= 4 is 5.78 Å². The molecule has 0 bridgehead atoms. The van der Waals surface area contributed by atoms with E-state index >= 15 is 0 Å². The van der Waals surface area contributed by atoms with E-state index in [0.29, 0.717) is 0 Å². The van der Waals surface area contributed by atoms with Gasteiger partial charge >= 0.3 is 0 Å². The molecule has 1 heterocycles. The molecule has 0 saturated heterocycles. The highest BCUT2D eigenvalue weighted by Crippen LogP contribution is 2.28. The molecule has 2 aromatic rings. The summed E-state index contributed by atoms with van der Waals surface area (Å²) in [4.78, 5) is 12.4. The Balaban J connectivity index is 1.84. The van der Waals surface area contributed by atoms with Crippen LogP contribution in [0.15, 0.2) is 41.0 Å². The Morgan fingerprint density at radius 3 is 2.72 bits per heavy atom. The number of hydrogen-bond donors (Lipinski definition) is 0. The molecule has 0 amide bonds. The van der Waals surface area contributed by atoms with Crippen molar-refractivity contribution in [2.24, 2.45) is 5.92 Å². The number of carbonyl (C=O) groups is 1. The molecule has 1 unspecified atom stereocenters. The highest BCUT2D eigenvalue weighted by atomic mass is 16.3. The minimum Gasteiger partial charge on any atom is -0.469 e. The fourth-order valence-electron chi connectivity index (χ4n) is 2.78. The first-order valence-corrected chi connectivity index (χ1v) is 6.41. The van der Waals surface area contributed by atoms with Crippen LogP contribution >= 0.6 is 0 Å². The van der Waals surface area contributed by atoms with Gasteiger partial charge in [0, 0.05) is 5.92 Å². The van der Waals surface area contributed by atoms with Crippen LogP contribution in [0, 0.1) is 12.8 Å². The molecule has 92 valence electrons. The Labute approximate surface area is 107 Å². The molecule has 3 rings (SSSR count). The normalized spacial score (nSPS) is 18.4. The SMILES string of the molecule is Cc1occc1C(=O)C1CCc2ccccc2C1. The van der Waals surface area contributed by atoms with E-state index in [1.165, 1.54) is 11.1 Å². The second kappa shape index (κ2) is 4.45. The van der Waals surface area contributed by atoms with Crippen LogP contribution in [0.4, 0.5) is 0 Å². The van der Waals surface area contributed by atoms with E-state index in [2.05, 4.69) is 24.3 Å². The predicted molar refractivity (Wildman–Crippen MR) is 69.7 cm³/mol. The summed E-state index contributed by atoms with van der Waals surface area (Å²) in [6, 6.07) is 10.2. The van der Waals surface area contributed by atoms with Crippen molar-refractivity contribution in [3.8, 4) is 0 Å². The maximum absolute atomic E-state index is 12.4. The predicted octanol–water partition coefficient (Wildman–Crippen LogP) is 3.58. The van der Waals surface area contributed by atoms with E-state index < -0.39 is 0 Å². The van der Waals surface area contributed by atoms with Crippen LogP contribution in [0.1, 0.15) is 33.7 Å². The molecule has 1 aromatic carbocycles. The molecule has 18 heavy (non-hydrogen) atoms. The van der Waals surface area contributed by atoms with Gasteiger partial charge in [0.25, 0.3) is 0 Å². The first-order chi connectivity index (χ1) is 8.75. The zero-order valence-corrected chi connectivity index (χ0v) is 10.5. The average Bonchev–Trinajstić information content (AvgIpc) is 2.83. The number of carbonyl (C=O) groups excluding carboxylic acids is 1. The van der Waals surface area contributed by atoms with E-state index in [1.807, 2.05) is 6.92 Å². The second-order valence-corrected chi connectivity index (χ2v) is 4.96. The maximum atomic E-state index is 12.4. The van der Waals surface area contributed by atoms with Gasteiger partial charge in [0.2, 0.25) is 0 Å². The summed E-state index contributed by atoms with van der Waals surface area (Å²) in [6.45, 7) is 1.85. The van der Waals surface area contributed by atoms with E-state index in [0.717, 1.165) is 30.6 Å². The summed E-state index contributed by atoms with van der Waals surface area (Å²) < 4.78 is 5.23. The van der Waals surface area contributed by atoms with Crippen LogP contribution in [0.25, 0.3) is 0 Å². The topological polar surface area (TPSA) is 30.2 Å². The second-order valence-electron chi connectivity index (χ2n) is 4.96. The fraction of sp³-hybridized carbons (Fsp3) is 0.312. The third-order valence-corrected chi connectivity index (χ3v) is 3.84. The Kier molecular flexibility index (Phi) is 2.78. The Morgan fingerprint density at radius 1 is 1.22 bits per heavy atom. The highest BCUT2D eigenvalue weighted by molar-refractivity contribution is 5.98. The number of ketones is 1. The summed E-state index contributed by atoms with van der Waals surface area (Å²) in [5.41, 5.74) is 3.47. The molecule has 0 fully saturated rings. The van der Waals surface area contributed by atoms with Crippen LogP contribution in [0.2, 0.25) is 0 Å². The van der Waals surface area contributed by atoms with Gasteiger partial charge in [0.15, 0.2) is 5.78 Å². The lowest BCUT2D eigenvalue weighted by molar-refractivity contribution is 0.0907. The van der Waals surface area contributed by atoms with Gasteiger partial charge in [-0.25, -0.2) is 0 Å². The van der Waals surface area contributed by atoms with Gasteiger partial charge in [0.1, 0.15) is 5.76 Å². The van der Waals surface area contributed by atoms with Crippen LogP contribution in [-0.2, 0) is 12.8 Å². The fourth-order valence-corrected chi connectivity index (χ4v) is 2.78. The zero-order valence-electron chi connectivity index (χ0n) is 10.5. The molecule has 0 radical (unpaired) electrons. The lowest BCUT2D eigenvalue weighted by atomic mass is 9.80. The quantitative estimate of drug-likeness (QED) is 0.751. The van der Waals surface area contributed by atoms with Crippen LogP contribution in [0.5, 0.6) is 0 Å². The molecule has 1 aliphatic carbocycles. The molecule has 1 aliphatic rings. The van der Waals surface area contributed by atoms with Crippen molar-refractivity contribution in [1.82, 2.24) is 0 Å². The molecule has 0 saturated carbocycles. The molecule has 2 heteroatoms. The third kappa shape index (κ3) is 1.88. The maximum Gasteiger partial charge on any atom is 0.169 e. The van der Waals surface area contributed by atoms with Gasteiger partial charge < -0.3 is 4.42 Å². The lowest BCUT2D eigenvalue weighted by Crippen LogP contribution is -2.22. The standard InChI is InChI=1S/C16H16O2/c1-11-15(8-9-18-11)16(17)14-7-6-12-4-2-3-5-13(12)10-14/h2-5,8-9,14H,6-7,10H2,1H3. The smallest absolute Gasteiger partial charge is 0.169 e. The van der Waals surface area contributed by atoms with Crippen molar-refractivity contribution in [2.45, 2.75) is 26.2 Å². The molecular formula is C16H16O2. The number of benzene rings is 1. The minimum atomic E-state index is 0.108. The van der Waals surface area contributed by atoms with Gasteiger partial charge in [0.05, 0.1) is 11.8 Å². The van der Waals surface area contributed by atoms with E-state index in [4.69, 9.17) is 4.42 Å². The van der Waals surface area contributed by atoms with Crippen LogP contribution in [-0.4, -0.2) is 5.78 Å². The number of rotatable bonds is 2. The first kappa shape index (κ1) is 11.3. The van der Waals surface area contributed by atoms with Crippen molar-refractivity contribution in [3.63, 3.8) is 0 Å². The highest BCUT2D eigenvalue weighted by Gasteiger charge is 2.26. The van der Waals surface area contributed by atoms with Gasteiger partial charge in [-0.2, -0.15) is 0 Å². The lowest BCUT2D eigenvalue weighted by Gasteiger charge is -2.23. The largest absolute Gasteiger partial charge is 0.469 e. The summed E-state index contributed by atoms with van der Waals surface area (Å²) in [7, 11) is 0. The minimum absolute atomic E-state index is 0.108. The van der Waals surface area contributed by atoms with Crippen LogP contribution in [0.3, 0.4) is 0 Å². The van der Waals surface area contributed by atoms with Crippen molar-refractivity contribution in [2.75, 3.05) is 0 Å². The number of hydrogen-bond acceptors (Lipinski definition) is 2. The van der Waals surface area contributed by atoms with Gasteiger partial charge in [-0.15, -0.1) is 0 Å². The monoisotopic (exact) mass is 240 g/mol.